The molecular formula is C12H14Cl2N4O. The van der Waals surface area contributed by atoms with Crippen molar-refractivity contribution in [2.75, 3.05) is 19.6 Å². The molecule has 7 heteroatoms. The van der Waals surface area contributed by atoms with Gasteiger partial charge in [-0.25, -0.2) is 0 Å². The fourth-order valence-corrected chi connectivity index (χ4v) is 3.21. The Hall–Kier alpha value is -0.910. The van der Waals surface area contributed by atoms with Gasteiger partial charge in [0.15, 0.2) is 10.3 Å². The molecule has 1 amide bonds. The first-order chi connectivity index (χ1) is 9.13. The van der Waals surface area contributed by atoms with Crippen LogP contribution in [0.3, 0.4) is 0 Å². The minimum absolute atomic E-state index is 0.0863. The van der Waals surface area contributed by atoms with E-state index in [0.29, 0.717) is 5.92 Å². The van der Waals surface area contributed by atoms with Gasteiger partial charge in [0.05, 0.1) is 5.56 Å². The van der Waals surface area contributed by atoms with E-state index in [1.54, 1.807) is 0 Å². The summed E-state index contributed by atoms with van der Waals surface area (Å²) in [6, 6.07) is 1.64. The van der Waals surface area contributed by atoms with Crippen LogP contribution < -0.4 is 5.32 Å². The summed E-state index contributed by atoms with van der Waals surface area (Å²) in [7, 11) is 0. The van der Waals surface area contributed by atoms with Crippen molar-refractivity contribution in [3.05, 3.63) is 21.9 Å². The van der Waals surface area contributed by atoms with Gasteiger partial charge >= 0.3 is 0 Å². The largest absolute Gasteiger partial charge is 0.348 e. The number of hydrogen-bond acceptors (Lipinski definition) is 4. The van der Waals surface area contributed by atoms with Crippen molar-refractivity contribution in [3.8, 4) is 0 Å². The van der Waals surface area contributed by atoms with Crippen LogP contribution in [0.4, 0.5) is 0 Å². The maximum atomic E-state index is 12.2. The predicted octanol–water partition coefficient (Wildman–Crippen LogP) is 1.61. The number of fused-ring (bicyclic) bond motifs is 3. The lowest BCUT2D eigenvalue weighted by Crippen LogP contribution is -2.57. The Morgan fingerprint density at radius 1 is 1.32 bits per heavy atom. The number of nitrogens with zero attached hydrogens (tertiary/aromatic N) is 3. The summed E-state index contributed by atoms with van der Waals surface area (Å²) in [6.07, 6.45) is 2.29. The van der Waals surface area contributed by atoms with Crippen LogP contribution in [0, 0.1) is 5.92 Å². The number of hydrogen-bond donors (Lipinski definition) is 1. The van der Waals surface area contributed by atoms with Crippen LogP contribution in [0.1, 0.15) is 23.2 Å². The Balaban J connectivity index is 1.73. The third kappa shape index (κ3) is 2.68. The van der Waals surface area contributed by atoms with Crippen LogP contribution >= 0.6 is 23.2 Å². The molecule has 1 aromatic heterocycles. The third-order valence-electron chi connectivity index (χ3n) is 3.94. The Bertz CT molecular complexity index is 503. The summed E-state index contributed by atoms with van der Waals surface area (Å²) >= 11 is 11.6. The van der Waals surface area contributed by atoms with Crippen LogP contribution in [0.15, 0.2) is 6.07 Å². The summed E-state index contributed by atoms with van der Waals surface area (Å²) < 4.78 is 0. The van der Waals surface area contributed by atoms with Crippen LogP contribution in [0.2, 0.25) is 10.3 Å². The molecule has 0 radical (unpaired) electrons. The van der Waals surface area contributed by atoms with Crippen LogP contribution in [-0.2, 0) is 0 Å². The molecule has 0 aromatic carbocycles. The molecule has 1 aromatic rings. The SMILES string of the molecule is O=C(NC1CN2CCC1CC2)c1cc(Cl)nnc1Cl. The summed E-state index contributed by atoms with van der Waals surface area (Å²) in [6.45, 7) is 3.20. The number of aromatic nitrogens is 2. The topological polar surface area (TPSA) is 58.1 Å². The predicted molar refractivity (Wildman–Crippen MR) is 72.5 cm³/mol. The second kappa shape index (κ2) is 5.23. The quantitative estimate of drug-likeness (QED) is 0.901. The second-order valence-corrected chi connectivity index (χ2v) is 5.83. The van der Waals surface area contributed by atoms with Gasteiger partial charge < -0.3 is 10.2 Å². The van der Waals surface area contributed by atoms with E-state index in [9.17, 15) is 4.79 Å². The Morgan fingerprint density at radius 2 is 2.05 bits per heavy atom. The minimum Gasteiger partial charge on any atom is -0.348 e. The van der Waals surface area contributed by atoms with Crippen molar-refractivity contribution in [1.82, 2.24) is 20.4 Å². The van der Waals surface area contributed by atoms with Gasteiger partial charge in [0, 0.05) is 12.6 Å². The first kappa shape index (κ1) is 13.1. The highest BCUT2D eigenvalue weighted by Gasteiger charge is 2.35. The Labute approximate surface area is 121 Å². The average Bonchev–Trinajstić information content (AvgIpc) is 2.43. The molecule has 102 valence electrons. The van der Waals surface area contributed by atoms with E-state index in [-0.39, 0.29) is 27.8 Å². The lowest BCUT2D eigenvalue weighted by Gasteiger charge is -2.44. The van der Waals surface area contributed by atoms with Gasteiger partial charge in [-0.1, -0.05) is 23.2 Å². The van der Waals surface area contributed by atoms with Crippen molar-refractivity contribution < 1.29 is 4.79 Å². The van der Waals surface area contributed by atoms with Gasteiger partial charge in [-0.2, -0.15) is 0 Å². The van der Waals surface area contributed by atoms with Crippen molar-refractivity contribution >= 4 is 29.1 Å². The standard InChI is InChI=1S/C12H14Cl2N4O/c13-10-5-8(11(14)17-16-10)12(19)15-9-6-18-3-1-7(9)2-4-18/h5,7,9H,1-4,6H2,(H,15,19). The summed E-state index contributed by atoms with van der Waals surface area (Å²) in [5.41, 5.74) is 0.290. The number of carbonyl (C=O) groups excluding carboxylic acids is 1. The monoisotopic (exact) mass is 300 g/mol. The van der Waals surface area contributed by atoms with E-state index in [1.807, 2.05) is 0 Å². The fraction of sp³-hybridized carbons (Fsp3) is 0.583. The van der Waals surface area contributed by atoms with Crippen molar-refractivity contribution in [2.24, 2.45) is 5.92 Å². The highest BCUT2D eigenvalue weighted by Crippen LogP contribution is 2.28. The first-order valence-corrected chi connectivity index (χ1v) is 7.11. The van der Waals surface area contributed by atoms with E-state index in [0.717, 1.165) is 32.5 Å². The van der Waals surface area contributed by atoms with E-state index in [4.69, 9.17) is 23.2 Å². The smallest absolute Gasteiger partial charge is 0.254 e. The first-order valence-electron chi connectivity index (χ1n) is 6.35. The van der Waals surface area contributed by atoms with Gasteiger partial charge in [0.1, 0.15) is 0 Å². The van der Waals surface area contributed by atoms with Crippen LogP contribution in [0.5, 0.6) is 0 Å². The maximum absolute atomic E-state index is 12.2. The number of halogens is 2. The molecular weight excluding hydrogens is 287 g/mol. The summed E-state index contributed by atoms with van der Waals surface area (Å²) in [5.74, 6) is 0.346. The number of piperidine rings is 3. The van der Waals surface area contributed by atoms with Gasteiger partial charge in [-0.15, -0.1) is 10.2 Å². The van der Waals surface area contributed by atoms with Gasteiger partial charge in [0.2, 0.25) is 0 Å². The molecule has 1 unspecified atom stereocenters. The molecule has 0 saturated carbocycles. The molecule has 3 aliphatic rings. The van der Waals surface area contributed by atoms with Gasteiger partial charge in [0.25, 0.3) is 5.91 Å². The average molecular weight is 301 g/mol. The van der Waals surface area contributed by atoms with E-state index >= 15 is 0 Å². The molecule has 3 saturated heterocycles. The molecule has 4 heterocycles. The lowest BCUT2D eigenvalue weighted by molar-refractivity contribution is 0.0620. The number of nitrogens with one attached hydrogen (secondary N) is 1. The Kier molecular flexibility index (Phi) is 3.60. The lowest BCUT2D eigenvalue weighted by atomic mass is 9.84. The molecule has 1 atom stereocenters. The normalized spacial score (nSPS) is 29.3. The minimum atomic E-state index is -0.222. The van der Waals surface area contributed by atoms with Crippen LogP contribution in [0.25, 0.3) is 0 Å². The van der Waals surface area contributed by atoms with Gasteiger partial charge in [-0.05, 0) is 37.9 Å². The highest BCUT2D eigenvalue weighted by molar-refractivity contribution is 6.34. The molecule has 0 spiro atoms. The molecule has 0 aliphatic carbocycles. The van der Waals surface area contributed by atoms with E-state index in [1.165, 1.54) is 6.07 Å². The molecule has 3 aliphatic heterocycles. The molecule has 5 nitrogen and oxygen atoms in total. The molecule has 2 bridgehead atoms. The second-order valence-electron chi connectivity index (χ2n) is 5.09. The molecule has 3 fully saturated rings. The molecule has 1 N–H and O–H groups in total. The van der Waals surface area contributed by atoms with E-state index < -0.39 is 0 Å². The zero-order valence-corrected chi connectivity index (χ0v) is 11.8. The fourth-order valence-electron chi connectivity index (χ4n) is 2.89. The highest BCUT2D eigenvalue weighted by atomic mass is 35.5. The van der Waals surface area contributed by atoms with Crippen LogP contribution in [-0.4, -0.2) is 46.7 Å². The molecule has 4 rings (SSSR count). The third-order valence-corrected chi connectivity index (χ3v) is 4.40. The zero-order chi connectivity index (χ0) is 13.4. The number of amides is 1. The Morgan fingerprint density at radius 3 is 2.68 bits per heavy atom. The summed E-state index contributed by atoms with van der Waals surface area (Å²) in [5, 5.41) is 10.6. The van der Waals surface area contributed by atoms with Crippen molar-refractivity contribution in [3.63, 3.8) is 0 Å². The van der Waals surface area contributed by atoms with Gasteiger partial charge in [-0.3, -0.25) is 4.79 Å². The van der Waals surface area contributed by atoms with E-state index in [2.05, 4.69) is 20.4 Å². The summed E-state index contributed by atoms with van der Waals surface area (Å²) in [4.78, 5) is 14.6. The number of carbonyl (C=O) groups is 1. The number of rotatable bonds is 2. The molecule has 19 heavy (non-hydrogen) atoms. The maximum Gasteiger partial charge on any atom is 0.254 e. The van der Waals surface area contributed by atoms with Crippen molar-refractivity contribution in [2.45, 2.75) is 18.9 Å². The van der Waals surface area contributed by atoms with Crippen molar-refractivity contribution in [1.29, 1.82) is 0 Å². The zero-order valence-electron chi connectivity index (χ0n) is 10.3.